The summed E-state index contributed by atoms with van der Waals surface area (Å²) in [7, 11) is 0. The fourth-order valence-corrected chi connectivity index (χ4v) is 2.78. The smallest absolute Gasteiger partial charge is 0.254 e. The fraction of sp³-hybridized carbons (Fsp3) is 0.600. The second kappa shape index (κ2) is 8.27. The van der Waals surface area contributed by atoms with Crippen LogP contribution < -0.4 is 5.32 Å². The van der Waals surface area contributed by atoms with Crippen molar-refractivity contribution >= 4 is 17.7 Å². The highest BCUT2D eigenvalue weighted by Gasteiger charge is 2.15. The number of thioether (sulfide) groups is 1. The molecule has 0 saturated heterocycles. The maximum Gasteiger partial charge on any atom is 0.254 e. The third-order valence-electron chi connectivity index (χ3n) is 3.19. The standard InChI is InChI=1S/C15H25N3OS/c1-11(2)18(12(3)4)10-9-16-14(19)13-7-6-8-17-15(13)20-5/h6-8,11-12H,9-10H2,1-5H3,(H,16,19). The van der Waals surface area contributed by atoms with Crippen LogP contribution in [0, 0.1) is 0 Å². The Hall–Kier alpha value is -1.07. The minimum atomic E-state index is -0.0464. The molecule has 1 aromatic rings. The van der Waals surface area contributed by atoms with Crippen molar-refractivity contribution in [3.8, 4) is 0 Å². The lowest BCUT2D eigenvalue weighted by molar-refractivity contribution is 0.0936. The molecule has 0 aliphatic rings. The highest BCUT2D eigenvalue weighted by molar-refractivity contribution is 7.98. The predicted octanol–water partition coefficient (Wildman–Crippen LogP) is 2.65. The highest BCUT2D eigenvalue weighted by Crippen LogP contribution is 2.16. The number of nitrogens with zero attached hydrogens (tertiary/aromatic N) is 2. The average molecular weight is 295 g/mol. The molecule has 0 radical (unpaired) electrons. The molecule has 4 nitrogen and oxygen atoms in total. The van der Waals surface area contributed by atoms with Gasteiger partial charge in [-0.15, -0.1) is 11.8 Å². The quantitative estimate of drug-likeness (QED) is 0.786. The van der Waals surface area contributed by atoms with Gasteiger partial charge >= 0.3 is 0 Å². The van der Waals surface area contributed by atoms with Crippen LogP contribution in [0.2, 0.25) is 0 Å². The van der Waals surface area contributed by atoms with Crippen LogP contribution in [0.15, 0.2) is 23.4 Å². The first kappa shape index (κ1) is 17.0. The Morgan fingerprint density at radius 3 is 2.55 bits per heavy atom. The maximum atomic E-state index is 12.2. The van der Waals surface area contributed by atoms with Crippen LogP contribution in [-0.2, 0) is 0 Å². The van der Waals surface area contributed by atoms with E-state index in [0.717, 1.165) is 11.6 Å². The zero-order valence-corrected chi connectivity index (χ0v) is 13.8. The van der Waals surface area contributed by atoms with Crippen molar-refractivity contribution in [3.63, 3.8) is 0 Å². The molecule has 1 N–H and O–H groups in total. The molecule has 0 aromatic carbocycles. The summed E-state index contributed by atoms with van der Waals surface area (Å²) in [6.45, 7) is 10.2. The number of carbonyl (C=O) groups is 1. The number of hydrogen-bond donors (Lipinski definition) is 1. The third kappa shape index (κ3) is 4.80. The molecule has 1 aromatic heterocycles. The van der Waals surface area contributed by atoms with E-state index in [4.69, 9.17) is 0 Å². The van der Waals surface area contributed by atoms with Crippen molar-refractivity contribution in [2.45, 2.75) is 44.8 Å². The first-order valence-electron chi connectivity index (χ1n) is 7.00. The molecule has 112 valence electrons. The van der Waals surface area contributed by atoms with E-state index in [1.165, 1.54) is 11.8 Å². The SMILES string of the molecule is CSc1ncccc1C(=O)NCCN(C(C)C)C(C)C. The molecule has 1 rings (SSSR count). The number of carbonyl (C=O) groups excluding carboxylic acids is 1. The summed E-state index contributed by atoms with van der Waals surface area (Å²) in [6, 6.07) is 4.57. The molecule has 0 aliphatic carbocycles. The monoisotopic (exact) mass is 295 g/mol. The van der Waals surface area contributed by atoms with E-state index >= 15 is 0 Å². The summed E-state index contributed by atoms with van der Waals surface area (Å²) in [5.74, 6) is -0.0464. The Morgan fingerprint density at radius 2 is 2.00 bits per heavy atom. The van der Waals surface area contributed by atoms with E-state index in [9.17, 15) is 4.79 Å². The van der Waals surface area contributed by atoms with E-state index in [1.807, 2.05) is 12.3 Å². The number of pyridine rings is 1. The number of amides is 1. The molecule has 0 unspecified atom stereocenters. The summed E-state index contributed by atoms with van der Waals surface area (Å²) in [4.78, 5) is 18.7. The Morgan fingerprint density at radius 1 is 1.35 bits per heavy atom. The van der Waals surface area contributed by atoms with Crippen LogP contribution in [0.25, 0.3) is 0 Å². The summed E-state index contributed by atoms with van der Waals surface area (Å²) in [5, 5.41) is 3.75. The van der Waals surface area contributed by atoms with Crippen molar-refractivity contribution in [1.29, 1.82) is 0 Å². The molecule has 20 heavy (non-hydrogen) atoms. The minimum absolute atomic E-state index is 0.0464. The summed E-state index contributed by atoms with van der Waals surface area (Å²) in [6.07, 6.45) is 3.64. The normalized spacial score (nSPS) is 11.4. The van der Waals surface area contributed by atoms with Crippen LogP contribution in [0.4, 0.5) is 0 Å². The fourth-order valence-electron chi connectivity index (χ4n) is 2.23. The molecule has 1 amide bonds. The maximum absolute atomic E-state index is 12.2. The first-order valence-corrected chi connectivity index (χ1v) is 8.22. The van der Waals surface area contributed by atoms with E-state index in [-0.39, 0.29) is 5.91 Å². The molecule has 1 heterocycles. The van der Waals surface area contributed by atoms with Gasteiger partial charge in [-0.3, -0.25) is 9.69 Å². The van der Waals surface area contributed by atoms with Gasteiger partial charge in [0.2, 0.25) is 0 Å². The van der Waals surface area contributed by atoms with E-state index in [1.54, 1.807) is 12.3 Å². The molecule has 0 spiro atoms. The van der Waals surface area contributed by atoms with Crippen molar-refractivity contribution in [3.05, 3.63) is 23.9 Å². The van der Waals surface area contributed by atoms with Gasteiger partial charge in [0.25, 0.3) is 5.91 Å². The van der Waals surface area contributed by atoms with Crippen LogP contribution in [-0.4, -0.2) is 47.2 Å². The molecule has 0 bridgehead atoms. The number of rotatable bonds is 7. The summed E-state index contributed by atoms with van der Waals surface area (Å²) < 4.78 is 0. The van der Waals surface area contributed by atoms with Gasteiger partial charge < -0.3 is 5.32 Å². The number of nitrogens with one attached hydrogen (secondary N) is 1. The first-order chi connectivity index (χ1) is 9.47. The molecule has 0 aliphatic heterocycles. The third-order valence-corrected chi connectivity index (χ3v) is 3.90. The van der Waals surface area contributed by atoms with Gasteiger partial charge in [-0.1, -0.05) is 0 Å². The second-order valence-corrected chi connectivity index (χ2v) is 6.04. The van der Waals surface area contributed by atoms with E-state index < -0.39 is 0 Å². The van der Waals surface area contributed by atoms with Crippen molar-refractivity contribution in [1.82, 2.24) is 15.2 Å². The van der Waals surface area contributed by atoms with Crippen LogP contribution >= 0.6 is 11.8 Å². The highest BCUT2D eigenvalue weighted by atomic mass is 32.2. The lowest BCUT2D eigenvalue weighted by atomic mass is 10.2. The van der Waals surface area contributed by atoms with Gasteiger partial charge in [0.1, 0.15) is 5.03 Å². The number of hydrogen-bond acceptors (Lipinski definition) is 4. The van der Waals surface area contributed by atoms with E-state index in [0.29, 0.717) is 24.2 Å². The Labute approximate surface area is 126 Å². The zero-order valence-electron chi connectivity index (χ0n) is 13.0. The van der Waals surface area contributed by atoms with Crippen molar-refractivity contribution in [2.75, 3.05) is 19.3 Å². The Bertz CT molecular complexity index is 427. The van der Waals surface area contributed by atoms with Gasteiger partial charge in [-0.05, 0) is 46.1 Å². The largest absolute Gasteiger partial charge is 0.351 e. The molecule has 0 saturated carbocycles. The Balaban J connectivity index is 2.55. The summed E-state index contributed by atoms with van der Waals surface area (Å²) in [5.41, 5.74) is 0.653. The van der Waals surface area contributed by atoms with Gasteiger partial charge in [0.15, 0.2) is 0 Å². The zero-order chi connectivity index (χ0) is 15.1. The molecular weight excluding hydrogens is 270 g/mol. The van der Waals surface area contributed by atoms with E-state index in [2.05, 4.69) is 42.9 Å². The predicted molar refractivity (Wildman–Crippen MR) is 85.3 cm³/mol. The van der Waals surface area contributed by atoms with Crippen LogP contribution in [0.1, 0.15) is 38.1 Å². The van der Waals surface area contributed by atoms with Gasteiger partial charge in [-0.2, -0.15) is 0 Å². The molecule has 0 fully saturated rings. The lowest BCUT2D eigenvalue weighted by Gasteiger charge is -2.30. The molecular formula is C15H25N3OS. The van der Waals surface area contributed by atoms with Gasteiger partial charge in [-0.25, -0.2) is 4.98 Å². The average Bonchev–Trinajstić information content (AvgIpc) is 2.42. The summed E-state index contributed by atoms with van der Waals surface area (Å²) >= 11 is 1.49. The van der Waals surface area contributed by atoms with Gasteiger partial charge in [0, 0.05) is 31.4 Å². The molecule has 0 atom stereocenters. The number of aromatic nitrogens is 1. The van der Waals surface area contributed by atoms with Crippen molar-refractivity contribution < 1.29 is 4.79 Å². The van der Waals surface area contributed by atoms with Crippen LogP contribution in [0.5, 0.6) is 0 Å². The van der Waals surface area contributed by atoms with Crippen LogP contribution in [0.3, 0.4) is 0 Å². The van der Waals surface area contributed by atoms with Gasteiger partial charge in [0.05, 0.1) is 5.56 Å². The minimum Gasteiger partial charge on any atom is -0.351 e. The topological polar surface area (TPSA) is 45.2 Å². The second-order valence-electron chi connectivity index (χ2n) is 5.24. The molecule has 5 heteroatoms. The Kier molecular flexibility index (Phi) is 7.02. The van der Waals surface area contributed by atoms with Crippen molar-refractivity contribution in [2.24, 2.45) is 0 Å². The lowest BCUT2D eigenvalue weighted by Crippen LogP contribution is -2.42.